The molecule has 0 N–H and O–H groups in total. The Morgan fingerprint density at radius 1 is 1.24 bits per heavy atom. The number of methoxy groups -OCH3 is 2. The highest BCUT2D eigenvalue weighted by Gasteiger charge is 2.36. The maximum Gasteiger partial charge on any atom is 0.257 e. The zero-order chi connectivity index (χ0) is 27.3. The number of carbonyl (C=O) groups is 1. The first kappa shape index (κ1) is 28.2. The van der Waals surface area contributed by atoms with Crippen molar-refractivity contribution in [2.24, 2.45) is 0 Å². The number of fused-ring (bicyclic) bond motifs is 3. The zero-order valence-electron chi connectivity index (χ0n) is 22.3. The van der Waals surface area contributed by atoms with Gasteiger partial charge in [0.15, 0.2) is 11.5 Å². The lowest BCUT2D eigenvalue weighted by Gasteiger charge is -2.43. The van der Waals surface area contributed by atoms with Gasteiger partial charge in [-0.3, -0.25) is 9.69 Å². The molecule has 0 radical (unpaired) electrons. The minimum atomic E-state index is -1.81. The Balaban J connectivity index is 2.04. The molecule has 7 nitrogen and oxygen atoms in total. The van der Waals surface area contributed by atoms with Gasteiger partial charge >= 0.3 is 0 Å². The van der Waals surface area contributed by atoms with Crippen molar-refractivity contribution in [2.75, 3.05) is 41.4 Å². The monoisotopic (exact) mass is 524 g/mol. The summed E-state index contributed by atoms with van der Waals surface area (Å²) < 4.78 is 30.1. The van der Waals surface area contributed by atoms with E-state index in [1.165, 1.54) is 17.7 Å². The quantitative estimate of drug-likeness (QED) is 0.335. The van der Waals surface area contributed by atoms with Crippen molar-refractivity contribution in [1.82, 2.24) is 9.80 Å². The zero-order valence-corrected chi connectivity index (χ0v) is 23.2. The first-order valence-electron chi connectivity index (χ1n) is 12.0. The van der Waals surface area contributed by atoms with Gasteiger partial charge in [-0.15, -0.1) is 0 Å². The Hall–Kier alpha value is -3.36. The molecule has 1 aromatic carbocycles. The van der Waals surface area contributed by atoms with E-state index in [9.17, 15) is 9.00 Å². The van der Waals surface area contributed by atoms with Crippen LogP contribution in [0.15, 0.2) is 83.7 Å². The number of ether oxygens (including phenoxy) is 2. The van der Waals surface area contributed by atoms with E-state index in [0.29, 0.717) is 40.7 Å². The van der Waals surface area contributed by atoms with E-state index in [1.54, 1.807) is 45.4 Å². The number of amides is 1. The van der Waals surface area contributed by atoms with Crippen molar-refractivity contribution >= 4 is 17.0 Å². The number of piperidine rings is 1. The highest BCUT2D eigenvalue weighted by Crippen LogP contribution is 2.43. The molecule has 37 heavy (non-hydrogen) atoms. The fourth-order valence-corrected chi connectivity index (χ4v) is 5.48. The summed E-state index contributed by atoms with van der Waals surface area (Å²) in [5.41, 5.74) is 4.51. The van der Waals surface area contributed by atoms with Crippen molar-refractivity contribution < 1.29 is 22.7 Å². The summed E-state index contributed by atoms with van der Waals surface area (Å²) in [6, 6.07) is 4.00. The predicted molar refractivity (Wildman–Crippen MR) is 148 cm³/mol. The molecule has 0 aliphatic carbocycles. The van der Waals surface area contributed by atoms with E-state index in [-0.39, 0.29) is 11.9 Å². The van der Waals surface area contributed by atoms with Crippen molar-refractivity contribution in [3.8, 4) is 5.75 Å². The van der Waals surface area contributed by atoms with Crippen LogP contribution >= 0.6 is 0 Å². The second kappa shape index (κ2) is 12.3. The molecule has 2 aliphatic rings. The van der Waals surface area contributed by atoms with Crippen LogP contribution in [0.3, 0.4) is 0 Å². The Labute approximate surface area is 222 Å². The topological polar surface area (TPSA) is 68.3 Å². The average molecular weight is 525 g/mol. The summed E-state index contributed by atoms with van der Waals surface area (Å²) in [6.07, 6.45) is 7.83. The molecule has 1 amide bonds. The van der Waals surface area contributed by atoms with Crippen molar-refractivity contribution in [2.45, 2.75) is 25.8 Å². The van der Waals surface area contributed by atoms with E-state index in [1.807, 2.05) is 19.1 Å². The molecule has 1 aromatic rings. The lowest BCUT2D eigenvalue weighted by molar-refractivity contribution is 0.0823. The van der Waals surface area contributed by atoms with Gasteiger partial charge in [0.25, 0.3) is 5.91 Å². The van der Waals surface area contributed by atoms with Gasteiger partial charge in [-0.25, -0.2) is 4.21 Å². The van der Waals surface area contributed by atoms with Crippen molar-refractivity contribution in [1.29, 1.82) is 0 Å². The van der Waals surface area contributed by atoms with Gasteiger partial charge in [0, 0.05) is 38.8 Å². The predicted octanol–water partition coefficient (Wildman–Crippen LogP) is 5.00. The van der Waals surface area contributed by atoms with Gasteiger partial charge in [-0.1, -0.05) is 25.8 Å². The van der Waals surface area contributed by atoms with Crippen molar-refractivity contribution in [3.63, 3.8) is 0 Å². The third kappa shape index (κ3) is 5.81. The molecular weight excluding hydrogens is 488 g/mol. The molecule has 1 saturated heterocycles. The maximum absolute atomic E-state index is 13.0. The van der Waals surface area contributed by atoms with Crippen LogP contribution in [0.2, 0.25) is 0 Å². The molecule has 2 heterocycles. The Bertz CT molecular complexity index is 1220. The molecule has 0 aromatic heterocycles. The highest BCUT2D eigenvalue weighted by molar-refractivity contribution is 7.84. The van der Waals surface area contributed by atoms with Crippen LogP contribution in [0.4, 0.5) is 0 Å². The van der Waals surface area contributed by atoms with Crippen LogP contribution in [0, 0.1) is 0 Å². The summed E-state index contributed by atoms with van der Waals surface area (Å²) in [4.78, 5) is 17.2. The molecule has 0 bridgehead atoms. The van der Waals surface area contributed by atoms with E-state index in [2.05, 4.69) is 24.6 Å². The van der Waals surface area contributed by atoms with Crippen LogP contribution in [0.1, 0.15) is 40.9 Å². The van der Waals surface area contributed by atoms with E-state index in [4.69, 9.17) is 13.7 Å². The summed E-state index contributed by atoms with van der Waals surface area (Å²) in [6.45, 7) is 14.9. The number of hydrogen-bond acceptors (Lipinski definition) is 6. The largest absolute Gasteiger partial charge is 0.496 e. The van der Waals surface area contributed by atoms with E-state index < -0.39 is 11.1 Å². The number of rotatable bonds is 9. The fraction of sp³-hybridized carbons (Fsp3) is 0.345. The first-order chi connectivity index (χ1) is 17.7. The maximum atomic E-state index is 13.0. The standard InChI is InChI=1S/C29H36N2O5S/c1-9-12-21(10-2)37(33)36-28(26(11-3)34-7)24-18-31-14-13-20-16-27(35-8)23(29(32)30(5)6)17-22(20)25(31)15-19(24)4/h9-12,16-17,25H,1-2,4,13-15,18H2,3,5-8H3/b21-12+,26-11+,28-24+. The molecule has 0 spiro atoms. The van der Waals surface area contributed by atoms with Crippen LogP contribution in [0.5, 0.6) is 5.75 Å². The molecular formula is C29H36N2O5S. The Morgan fingerprint density at radius 2 is 1.97 bits per heavy atom. The smallest absolute Gasteiger partial charge is 0.257 e. The number of hydrogen-bond donors (Lipinski definition) is 0. The summed E-state index contributed by atoms with van der Waals surface area (Å²) in [7, 11) is 6.60. The summed E-state index contributed by atoms with van der Waals surface area (Å²) in [5, 5.41) is 0. The second-order valence-electron chi connectivity index (χ2n) is 8.99. The molecule has 198 valence electrons. The Kier molecular flexibility index (Phi) is 9.34. The number of carbonyl (C=O) groups excluding carboxylic acids is 1. The normalized spacial score (nSPS) is 20.2. The van der Waals surface area contributed by atoms with Crippen molar-refractivity contribution in [3.05, 3.63) is 100 Å². The van der Waals surface area contributed by atoms with Gasteiger partial charge < -0.3 is 18.6 Å². The molecule has 1 fully saturated rings. The SMILES string of the molecule is C=C/C=C(\C=C)S(=O)OC(=C1\CN2CCc3cc(OC)c(C(=O)N(C)C)cc3C2CC1=C)/C(=C\C)OC. The number of nitrogens with zero attached hydrogens (tertiary/aromatic N) is 2. The van der Waals surface area contributed by atoms with Crippen LogP contribution in [-0.2, 0) is 26.4 Å². The third-order valence-electron chi connectivity index (χ3n) is 6.61. The lowest BCUT2D eigenvalue weighted by atomic mass is 9.82. The van der Waals surface area contributed by atoms with Crippen LogP contribution in [0.25, 0.3) is 0 Å². The molecule has 3 rings (SSSR count). The van der Waals surface area contributed by atoms with Gasteiger partial charge in [0.2, 0.25) is 11.1 Å². The van der Waals surface area contributed by atoms with Gasteiger partial charge in [0.05, 0.1) is 24.7 Å². The van der Waals surface area contributed by atoms with Gasteiger partial charge in [-0.2, -0.15) is 0 Å². The van der Waals surface area contributed by atoms with Crippen LogP contribution in [-0.4, -0.2) is 61.3 Å². The second-order valence-corrected chi connectivity index (χ2v) is 10.1. The number of benzene rings is 1. The minimum Gasteiger partial charge on any atom is -0.496 e. The van der Waals surface area contributed by atoms with Gasteiger partial charge in [-0.05, 0) is 66.8 Å². The molecule has 2 unspecified atom stereocenters. The highest BCUT2D eigenvalue weighted by atomic mass is 32.2. The minimum absolute atomic E-state index is 0.0485. The lowest BCUT2D eigenvalue weighted by Crippen LogP contribution is -2.41. The van der Waals surface area contributed by atoms with Gasteiger partial charge in [0.1, 0.15) is 5.75 Å². The van der Waals surface area contributed by atoms with E-state index >= 15 is 0 Å². The van der Waals surface area contributed by atoms with E-state index in [0.717, 1.165) is 29.7 Å². The Morgan fingerprint density at radius 3 is 2.54 bits per heavy atom. The number of allylic oxidation sites excluding steroid dienone is 4. The fourth-order valence-electron chi connectivity index (χ4n) is 4.70. The summed E-state index contributed by atoms with van der Waals surface area (Å²) in [5.74, 6) is 1.36. The third-order valence-corrected chi connectivity index (χ3v) is 7.61. The molecule has 8 heteroatoms. The average Bonchev–Trinajstić information content (AvgIpc) is 2.89. The molecule has 2 atom stereocenters. The van der Waals surface area contributed by atoms with Crippen LogP contribution < -0.4 is 4.74 Å². The molecule has 0 saturated carbocycles. The first-order valence-corrected chi connectivity index (χ1v) is 13.1. The summed E-state index contributed by atoms with van der Waals surface area (Å²) >= 11 is -1.81. The molecule has 2 aliphatic heterocycles.